The zero-order chi connectivity index (χ0) is 15.4. The quantitative estimate of drug-likeness (QED) is 0.724. The van der Waals surface area contributed by atoms with Crippen molar-refractivity contribution >= 4 is 35.2 Å². The Bertz CT molecular complexity index is 589. The van der Waals surface area contributed by atoms with Crippen LogP contribution in [0.15, 0.2) is 23.1 Å². The second kappa shape index (κ2) is 6.62. The van der Waals surface area contributed by atoms with Crippen LogP contribution in [-0.4, -0.2) is 36.1 Å². The van der Waals surface area contributed by atoms with Gasteiger partial charge in [-0.3, -0.25) is 14.4 Å². The summed E-state index contributed by atoms with van der Waals surface area (Å²) in [6.07, 6.45) is 0. The van der Waals surface area contributed by atoms with E-state index in [0.29, 0.717) is 24.3 Å². The SMILES string of the molecule is CC(=O)NCCNC(=O)c1ccc2c(c1)NC(=O)C(C)S2. The molecule has 0 radical (unpaired) electrons. The molecule has 7 heteroatoms. The van der Waals surface area contributed by atoms with Gasteiger partial charge in [0.15, 0.2) is 0 Å². The van der Waals surface area contributed by atoms with E-state index >= 15 is 0 Å². The molecule has 1 aromatic rings. The van der Waals surface area contributed by atoms with Crippen molar-refractivity contribution in [3.05, 3.63) is 23.8 Å². The standard InChI is InChI=1S/C14H17N3O3S/c1-8-13(19)17-11-7-10(3-4-12(11)21-8)14(20)16-6-5-15-9(2)18/h3-4,7-8H,5-6H2,1-2H3,(H,15,18)(H,16,20)(H,17,19). The average molecular weight is 307 g/mol. The van der Waals surface area contributed by atoms with E-state index in [1.54, 1.807) is 12.1 Å². The first kappa shape index (κ1) is 15.4. The summed E-state index contributed by atoms with van der Waals surface area (Å²) in [7, 11) is 0. The number of thioether (sulfide) groups is 1. The Morgan fingerprint density at radius 1 is 1.29 bits per heavy atom. The number of fused-ring (bicyclic) bond motifs is 1. The molecule has 3 amide bonds. The van der Waals surface area contributed by atoms with Crippen LogP contribution in [0.2, 0.25) is 0 Å². The van der Waals surface area contributed by atoms with Crippen LogP contribution in [0, 0.1) is 0 Å². The zero-order valence-corrected chi connectivity index (χ0v) is 12.7. The molecular formula is C14H17N3O3S. The van der Waals surface area contributed by atoms with Gasteiger partial charge in [0.2, 0.25) is 11.8 Å². The highest BCUT2D eigenvalue weighted by molar-refractivity contribution is 8.00. The predicted molar refractivity (Wildman–Crippen MR) is 81.4 cm³/mol. The molecular weight excluding hydrogens is 290 g/mol. The molecule has 112 valence electrons. The summed E-state index contributed by atoms with van der Waals surface area (Å²) in [4.78, 5) is 35.3. The van der Waals surface area contributed by atoms with E-state index < -0.39 is 0 Å². The molecule has 0 aromatic heterocycles. The van der Waals surface area contributed by atoms with Gasteiger partial charge in [-0.2, -0.15) is 0 Å². The minimum Gasteiger partial charge on any atom is -0.355 e. The second-order valence-corrected chi connectivity index (χ2v) is 6.08. The molecule has 0 bridgehead atoms. The fourth-order valence-corrected chi connectivity index (χ4v) is 2.80. The van der Waals surface area contributed by atoms with Gasteiger partial charge in [0.05, 0.1) is 10.9 Å². The van der Waals surface area contributed by atoms with Gasteiger partial charge in [-0.15, -0.1) is 11.8 Å². The summed E-state index contributed by atoms with van der Waals surface area (Å²) >= 11 is 1.47. The Morgan fingerprint density at radius 3 is 2.71 bits per heavy atom. The number of rotatable bonds is 4. The summed E-state index contributed by atoms with van der Waals surface area (Å²) in [5.41, 5.74) is 1.14. The Morgan fingerprint density at radius 2 is 2.00 bits per heavy atom. The van der Waals surface area contributed by atoms with Gasteiger partial charge < -0.3 is 16.0 Å². The van der Waals surface area contributed by atoms with Gasteiger partial charge in [0.25, 0.3) is 5.91 Å². The average Bonchev–Trinajstić information content (AvgIpc) is 2.44. The summed E-state index contributed by atoms with van der Waals surface area (Å²) < 4.78 is 0. The smallest absolute Gasteiger partial charge is 0.251 e. The van der Waals surface area contributed by atoms with E-state index in [1.807, 2.05) is 13.0 Å². The highest BCUT2D eigenvalue weighted by atomic mass is 32.2. The lowest BCUT2D eigenvalue weighted by molar-refractivity contribution is -0.119. The number of benzene rings is 1. The Balaban J connectivity index is 1.98. The minimum absolute atomic E-state index is 0.0595. The third-order valence-corrected chi connectivity index (χ3v) is 4.13. The number of hydrogen-bond acceptors (Lipinski definition) is 4. The maximum absolute atomic E-state index is 12.0. The normalized spacial score (nSPS) is 16.7. The van der Waals surface area contributed by atoms with E-state index in [1.165, 1.54) is 18.7 Å². The molecule has 2 rings (SSSR count). The summed E-state index contributed by atoms with van der Waals surface area (Å²) in [6, 6.07) is 5.22. The first-order valence-electron chi connectivity index (χ1n) is 6.61. The number of amides is 3. The highest BCUT2D eigenvalue weighted by Gasteiger charge is 2.23. The van der Waals surface area contributed by atoms with Crippen LogP contribution >= 0.6 is 11.8 Å². The van der Waals surface area contributed by atoms with E-state index in [2.05, 4.69) is 16.0 Å². The van der Waals surface area contributed by atoms with Crippen molar-refractivity contribution in [1.82, 2.24) is 10.6 Å². The fourth-order valence-electron chi connectivity index (χ4n) is 1.87. The lowest BCUT2D eigenvalue weighted by Gasteiger charge is -2.21. The van der Waals surface area contributed by atoms with Crippen LogP contribution in [0.25, 0.3) is 0 Å². The second-order valence-electron chi connectivity index (χ2n) is 4.70. The number of carbonyl (C=O) groups is 3. The molecule has 1 unspecified atom stereocenters. The molecule has 6 nitrogen and oxygen atoms in total. The van der Waals surface area contributed by atoms with Crippen LogP contribution in [0.1, 0.15) is 24.2 Å². The maximum Gasteiger partial charge on any atom is 0.251 e. The molecule has 3 N–H and O–H groups in total. The van der Waals surface area contributed by atoms with Crippen molar-refractivity contribution < 1.29 is 14.4 Å². The van der Waals surface area contributed by atoms with E-state index in [9.17, 15) is 14.4 Å². The lowest BCUT2D eigenvalue weighted by atomic mass is 10.1. The van der Waals surface area contributed by atoms with Crippen molar-refractivity contribution in [1.29, 1.82) is 0 Å². The molecule has 0 aliphatic carbocycles. The molecule has 0 saturated heterocycles. The molecule has 0 fully saturated rings. The molecule has 21 heavy (non-hydrogen) atoms. The molecule has 1 heterocycles. The topological polar surface area (TPSA) is 87.3 Å². The first-order valence-corrected chi connectivity index (χ1v) is 7.49. The van der Waals surface area contributed by atoms with Crippen molar-refractivity contribution in [3.63, 3.8) is 0 Å². The third-order valence-electron chi connectivity index (χ3n) is 2.96. The number of hydrogen-bond donors (Lipinski definition) is 3. The number of nitrogens with one attached hydrogen (secondary N) is 3. The van der Waals surface area contributed by atoms with Crippen LogP contribution < -0.4 is 16.0 Å². The van der Waals surface area contributed by atoms with E-state index in [4.69, 9.17) is 0 Å². The van der Waals surface area contributed by atoms with E-state index in [-0.39, 0.29) is 23.0 Å². The summed E-state index contributed by atoms with van der Waals surface area (Å²) in [6.45, 7) is 4.00. The van der Waals surface area contributed by atoms with Crippen LogP contribution in [0.4, 0.5) is 5.69 Å². The molecule has 1 aromatic carbocycles. The summed E-state index contributed by atoms with van der Waals surface area (Å²) in [5.74, 6) is -0.427. The molecule has 1 aliphatic heterocycles. The Hall–Kier alpha value is -2.02. The Labute approximate surface area is 127 Å². The number of carbonyl (C=O) groups excluding carboxylic acids is 3. The van der Waals surface area contributed by atoms with Crippen LogP contribution in [-0.2, 0) is 9.59 Å². The third kappa shape index (κ3) is 3.98. The maximum atomic E-state index is 12.0. The molecule has 0 saturated carbocycles. The fraction of sp³-hybridized carbons (Fsp3) is 0.357. The minimum atomic E-state index is -0.235. The van der Waals surface area contributed by atoms with Crippen molar-refractivity contribution in [2.24, 2.45) is 0 Å². The monoisotopic (exact) mass is 307 g/mol. The summed E-state index contributed by atoms with van der Waals surface area (Å²) in [5, 5.41) is 7.97. The van der Waals surface area contributed by atoms with Crippen LogP contribution in [0.3, 0.4) is 0 Å². The van der Waals surface area contributed by atoms with Gasteiger partial charge in [-0.05, 0) is 25.1 Å². The van der Waals surface area contributed by atoms with Crippen molar-refractivity contribution in [3.8, 4) is 0 Å². The van der Waals surface area contributed by atoms with Gasteiger partial charge >= 0.3 is 0 Å². The number of anilines is 1. The largest absolute Gasteiger partial charge is 0.355 e. The highest BCUT2D eigenvalue weighted by Crippen LogP contribution is 2.35. The zero-order valence-electron chi connectivity index (χ0n) is 11.9. The van der Waals surface area contributed by atoms with Crippen LogP contribution in [0.5, 0.6) is 0 Å². The predicted octanol–water partition coefficient (Wildman–Crippen LogP) is 0.985. The molecule has 1 atom stereocenters. The van der Waals surface area contributed by atoms with Crippen molar-refractivity contribution in [2.45, 2.75) is 24.0 Å². The van der Waals surface area contributed by atoms with E-state index in [0.717, 1.165) is 4.90 Å². The van der Waals surface area contributed by atoms with Gasteiger partial charge in [0, 0.05) is 30.5 Å². The molecule has 0 spiro atoms. The van der Waals surface area contributed by atoms with Gasteiger partial charge in [0.1, 0.15) is 0 Å². The first-order chi connectivity index (χ1) is 9.97. The van der Waals surface area contributed by atoms with Crippen molar-refractivity contribution in [2.75, 3.05) is 18.4 Å². The Kier molecular flexibility index (Phi) is 4.85. The lowest BCUT2D eigenvalue weighted by Crippen LogP contribution is -2.33. The van der Waals surface area contributed by atoms with Gasteiger partial charge in [-0.25, -0.2) is 0 Å². The van der Waals surface area contributed by atoms with Gasteiger partial charge in [-0.1, -0.05) is 0 Å². The molecule has 1 aliphatic rings.